The second kappa shape index (κ2) is 5.65. The molecule has 0 radical (unpaired) electrons. The Balaban J connectivity index is 2.01. The lowest BCUT2D eigenvalue weighted by molar-refractivity contribution is 0.0504. The minimum absolute atomic E-state index is 0.181. The molecule has 1 N–H and O–H groups in total. The third-order valence-electron chi connectivity index (χ3n) is 4.14. The van der Waals surface area contributed by atoms with Crippen LogP contribution in [0.5, 0.6) is 0 Å². The summed E-state index contributed by atoms with van der Waals surface area (Å²) in [6.45, 7) is 2.12. The molecular weight excluding hydrogens is 210 g/mol. The quantitative estimate of drug-likeness (QED) is 0.864. The molecule has 2 nitrogen and oxygen atoms in total. The predicted molar refractivity (Wildman–Crippen MR) is 70.9 cm³/mol. The Morgan fingerprint density at radius 1 is 1.18 bits per heavy atom. The third-order valence-corrected chi connectivity index (χ3v) is 4.14. The van der Waals surface area contributed by atoms with Gasteiger partial charge in [-0.15, -0.1) is 0 Å². The van der Waals surface area contributed by atoms with E-state index in [4.69, 9.17) is 0 Å². The Morgan fingerprint density at radius 2 is 1.76 bits per heavy atom. The van der Waals surface area contributed by atoms with Gasteiger partial charge in [0.1, 0.15) is 0 Å². The van der Waals surface area contributed by atoms with Gasteiger partial charge in [-0.1, -0.05) is 43.2 Å². The first-order valence-corrected chi connectivity index (χ1v) is 6.65. The zero-order valence-electron chi connectivity index (χ0n) is 10.8. The van der Waals surface area contributed by atoms with E-state index < -0.39 is 0 Å². The molecule has 0 saturated heterocycles. The van der Waals surface area contributed by atoms with Crippen LogP contribution < -0.4 is 0 Å². The van der Waals surface area contributed by atoms with Gasteiger partial charge in [0.2, 0.25) is 0 Å². The lowest BCUT2D eigenvalue weighted by atomic mass is 10.0. The SMILES string of the molecule is CC(C(O)c1ccccc1)N(C)C1CCCC1. The predicted octanol–water partition coefficient (Wildman–Crippen LogP) is 2.98. The van der Waals surface area contributed by atoms with E-state index in [1.165, 1.54) is 25.7 Å². The summed E-state index contributed by atoms with van der Waals surface area (Å²) in [5.74, 6) is 0. The first-order valence-electron chi connectivity index (χ1n) is 6.65. The van der Waals surface area contributed by atoms with Crippen molar-refractivity contribution >= 4 is 0 Å². The second-order valence-corrected chi connectivity index (χ2v) is 5.20. The molecule has 0 heterocycles. The molecule has 2 unspecified atom stereocenters. The number of rotatable bonds is 4. The van der Waals surface area contributed by atoms with Crippen LogP contribution in [-0.2, 0) is 0 Å². The highest BCUT2D eigenvalue weighted by Gasteiger charge is 2.27. The van der Waals surface area contributed by atoms with Crippen LogP contribution in [0.25, 0.3) is 0 Å². The standard InChI is InChI=1S/C15H23NO/c1-12(16(2)14-10-6-7-11-14)15(17)13-8-4-3-5-9-13/h3-5,8-9,12,14-15,17H,6-7,10-11H2,1-2H3. The molecule has 0 bridgehead atoms. The zero-order valence-corrected chi connectivity index (χ0v) is 10.8. The first-order chi connectivity index (χ1) is 8.20. The highest BCUT2D eigenvalue weighted by molar-refractivity contribution is 5.18. The van der Waals surface area contributed by atoms with Crippen molar-refractivity contribution in [3.63, 3.8) is 0 Å². The van der Waals surface area contributed by atoms with E-state index in [9.17, 15) is 5.11 Å². The molecule has 0 amide bonds. The van der Waals surface area contributed by atoms with Crippen LogP contribution in [0.4, 0.5) is 0 Å². The molecule has 1 aromatic carbocycles. The summed E-state index contributed by atoms with van der Waals surface area (Å²) in [6.07, 6.45) is 4.85. The van der Waals surface area contributed by atoms with Gasteiger partial charge in [-0.25, -0.2) is 0 Å². The van der Waals surface area contributed by atoms with E-state index in [2.05, 4.69) is 18.9 Å². The molecule has 1 aromatic rings. The maximum atomic E-state index is 10.4. The van der Waals surface area contributed by atoms with Gasteiger partial charge >= 0.3 is 0 Å². The van der Waals surface area contributed by atoms with Crippen molar-refractivity contribution < 1.29 is 5.11 Å². The summed E-state index contributed by atoms with van der Waals surface area (Å²) in [4.78, 5) is 2.35. The highest BCUT2D eigenvalue weighted by Crippen LogP contribution is 2.28. The van der Waals surface area contributed by atoms with Gasteiger partial charge in [0.05, 0.1) is 6.10 Å². The highest BCUT2D eigenvalue weighted by atomic mass is 16.3. The Hall–Kier alpha value is -0.860. The maximum Gasteiger partial charge on any atom is 0.0942 e. The van der Waals surface area contributed by atoms with Gasteiger partial charge in [0, 0.05) is 12.1 Å². The minimum Gasteiger partial charge on any atom is -0.387 e. The lowest BCUT2D eigenvalue weighted by Crippen LogP contribution is -2.40. The average Bonchev–Trinajstić information content (AvgIpc) is 2.91. The molecule has 1 aliphatic carbocycles. The summed E-state index contributed by atoms with van der Waals surface area (Å²) in [5.41, 5.74) is 1.02. The molecule has 0 spiro atoms. The van der Waals surface area contributed by atoms with Gasteiger partial charge in [-0.05, 0) is 32.4 Å². The Labute approximate surface area is 104 Å². The molecule has 2 rings (SSSR count). The molecule has 1 saturated carbocycles. The fourth-order valence-electron chi connectivity index (χ4n) is 2.80. The number of hydrogen-bond donors (Lipinski definition) is 1. The van der Waals surface area contributed by atoms with E-state index in [0.717, 1.165) is 5.56 Å². The lowest BCUT2D eigenvalue weighted by Gasteiger charge is -2.33. The van der Waals surface area contributed by atoms with Crippen LogP contribution in [0.2, 0.25) is 0 Å². The summed E-state index contributed by atoms with van der Waals surface area (Å²) in [6, 6.07) is 10.8. The molecule has 1 aliphatic rings. The van der Waals surface area contributed by atoms with Crippen LogP contribution >= 0.6 is 0 Å². The van der Waals surface area contributed by atoms with Crippen molar-refractivity contribution in [3.05, 3.63) is 35.9 Å². The third kappa shape index (κ3) is 2.88. The number of hydrogen-bond acceptors (Lipinski definition) is 2. The Morgan fingerprint density at radius 3 is 2.35 bits per heavy atom. The zero-order chi connectivity index (χ0) is 12.3. The van der Waals surface area contributed by atoms with Crippen molar-refractivity contribution in [1.29, 1.82) is 0 Å². The van der Waals surface area contributed by atoms with Gasteiger partial charge in [0.15, 0.2) is 0 Å². The van der Waals surface area contributed by atoms with Crippen LogP contribution in [0.1, 0.15) is 44.3 Å². The first kappa shape index (κ1) is 12.6. The van der Waals surface area contributed by atoms with E-state index in [0.29, 0.717) is 6.04 Å². The normalized spacial score (nSPS) is 20.7. The van der Waals surface area contributed by atoms with Crippen molar-refractivity contribution in [2.45, 2.75) is 50.8 Å². The summed E-state index contributed by atoms with van der Waals surface area (Å²) in [7, 11) is 2.15. The molecule has 1 fully saturated rings. The fourth-order valence-corrected chi connectivity index (χ4v) is 2.80. The van der Waals surface area contributed by atoms with E-state index in [-0.39, 0.29) is 12.1 Å². The Bertz CT molecular complexity index is 332. The number of nitrogens with zero attached hydrogens (tertiary/aromatic N) is 1. The molecule has 0 aliphatic heterocycles. The molecule has 94 valence electrons. The Kier molecular flexibility index (Phi) is 4.19. The van der Waals surface area contributed by atoms with Gasteiger partial charge in [-0.2, -0.15) is 0 Å². The van der Waals surface area contributed by atoms with Crippen molar-refractivity contribution in [2.75, 3.05) is 7.05 Å². The monoisotopic (exact) mass is 233 g/mol. The molecule has 2 heteroatoms. The maximum absolute atomic E-state index is 10.4. The number of aliphatic hydroxyl groups excluding tert-OH is 1. The van der Waals surface area contributed by atoms with Crippen LogP contribution in [-0.4, -0.2) is 29.1 Å². The van der Waals surface area contributed by atoms with Crippen molar-refractivity contribution in [1.82, 2.24) is 4.90 Å². The summed E-state index contributed by atoms with van der Waals surface area (Å²) >= 11 is 0. The van der Waals surface area contributed by atoms with E-state index in [1.54, 1.807) is 0 Å². The number of benzene rings is 1. The summed E-state index contributed by atoms with van der Waals surface area (Å²) in [5, 5.41) is 10.4. The molecular formula is C15H23NO. The van der Waals surface area contributed by atoms with Gasteiger partial charge in [0.25, 0.3) is 0 Å². The van der Waals surface area contributed by atoms with E-state index in [1.807, 2.05) is 30.3 Å². The van der Waals surface area contributed by atoms with Crippen LogP contribution in [0.15, 0.2) is 30.3 Å². The smallest absolute Gasteiger partial charge is 0.0942 e. The number of likely N-dealkylation sites (N-methyl/N-ethyl adjacent to an activating group) is 1. The summed E-state index contributed by atoms with van der Waals surface area (Å²) < 4.78 is 0. The molecule has 2 atom stereocenters. The van der Waals surface area contributed by atoms with Crippen molar-refractivity contribution in [3.8, 4) is 0 Å². The molecule has 17 heavy (non-hydrogen) atoms. The molecule has 0 aromatic heterocycles. The minimum atomic E-state index is -0.387. The van der Waals surface area contributed by atoms with Crippen LogP contribution in [0.3, 0.4) is 0 Å². The van der Waals surface area contributed by atoms with Gasteiger partial charge in [-0.3, -0.25) is 4.90 Å². The topological polar surface area (TPSA) is 23.5 Å². The van der Waals surface area contributed by atoms with Gasteiger partial charge < -0.3 is 5.11 Å². The second-order valence-electron chi connectivity index (χ2n) is 5.20. The number of aliphatic hydroxyl groups is 1. The fraction of sp³-hybridized carbons (Fsp3) is 0.600. The van der Waals surface area contributed by atoms with E-state index >= 15 is 0 Å². The average molecular weight is 233 g/mol. The largest absolute Gasteiger partial charge is 0.387 e. The van der Waals surface area contributed by atoms with Crippen LogP contribution in [0, 0.1) is 0 Å². The van der Waals surface area contributed by atoms with Crippen molar-refractivity contribution in [2.24, 2.45) is 0 Å².